The molecule has 2 rings (SSSR count). The van der Waals surface area contributed by atoms with E-state index in [4.69, 9.17) is 5.84 Å². The van der Waals surface area contributed by atoms with Crippen molar-refractivity contribution in [3.8, 4) is 0 Å². The molecule has 0 spiro atoms. The van der Waals surface area contributed by atoms with Crippen molar-refractivity contribution in [2.24, 2.45) is 5.84 Å². The van der Waals surface area contributed by atoms with E-state index in [-0.39, 0.29) is 6.04 Å². The third kappa shape index (κ3) is 3.20. The van der Waals surface area contributed by atoms with Crippen molar-refractivity contribution in [1.82, 2.24) is 15.2 Å². The van der Waals surface area contributed by atoms with Gasteiger partial charge in [0.2, 0.25) is 0 Å². The quantitative estimate of drug-likeness (QED) is 0.652. The standard InChI is InChI=1S/C14H18F2N4/c1-3-20-13(4-9(2)19-20)8-14(18-17)10-5-11(15)7-12(16)6-10/h4-7,14,18H,3,8,17H2,1-2H3. The maximum Gasteiger partial charge on any atom is 0.126 e. The Kier molecular flexibility index (Phi) is 4.46. The molecule has 0 fully saturated rings. The van der Waals surface area contributed by atoms with E-state index in [1.54, 1.807) is 0 Å². The van der Waals surface area contributed by atoms with Gasteiger partial charge in [-0.25, -0.2) is 8.78 Å². The molecule has 0 aliphatic carbocycles. The highest BCUT2D eigenvalue weighted by Crippen LogP contribution is 2.20. The number of hydrazine groups is 1. The van der Waals surface area contributed by atoms with Crippen LogP contribution in [0.2, 0.25) is 0 Å². The van der Waals surface area contributed by atoms with Crippen molar-refractivity contribution < 1.29 is 8.78 Å². The van der Waals surface area contributed by atoms with Gasteiger partial charge in [0, 0.05) is 24.7 Å². The highest BCUT2D eigenvalue weighted by molar-refractivity contribution is 5.23. The Labute approximate surface area is 116 Å². The van der Waals surface area contributed by atoms with E-state index in [0.717, 1.165) is 24.0 Å². The van der Waals surface area contributed by atoms with Crippen molar-refractivity contribution in [2.75, 3.05) is 0 Å². The maximum absolute atomic E-state index is 13.3. The molecule has 1 aromatic carbocycles. The van der Waals surface area contributed by atoms with Gasteiger partial charge in [-0.1, -0.05) is 0 Å². The molecule has 0 bridgehead atoms. The number of hydrogen-bond donors (Lipinski definition) is 2. The van der Waals surface area contributed by atoms with Gasteiger partial charge >= 0.3 is 0 Å². The lowest BCUT2D eigenvalue weighted by molar-refractivity contribution is 0.506. The Bertz CT molecular complexity index is 575. The minimum Gasteiger partial charge on any atom is -0.271 e. The molecule has 0 aliphatic heterocycles. The Morgan fingerprint density at radius 3 is 2.45 bits per heavy atom. The lowest BCUT2D eigenvalue weighted by Gasteiger charge is -2.17. The summed E-state index contributed by atoms with van der Waals surface area (Å²) in [5, 5.41) is 4.35. The fourth-order valence-corrected chi connectivity index (χ4v) is 2.30. The monoisotopic (exact) mass is 280 g/mol. The molecule has 4 nitrogen and oxygen atoms in total. The summed E-state index contributed by atoms with van der Waals surface area (Å²) in [7, 11) is 0. The Balaban J connectivity index is 2.28. The van der Waals surface area contributed by atoms with Crippen LogP contribution in [-0.2, 0) is 13.0 Å². The Hall–Kier alpha value is -1.79. The first-order valence-electron chi connectivity index (χ1n) is 6.49. The van der Waals surface area contributed by atoms with E-state index in [0.29, 0.717) is 12.0 Å². The zero-order valence-electron chi connectivity index (χ0n) is 11.5. The highest BCUT2D eigenvalue weighted by atomic mass is 19.1. The smallest absolute Gasteiger partial charge is 0.126 e. The first kappa shape index (κ1) is 14.6. The van der Waals surface area contributed by atoms with Gasteiger partial charge in [0.15, 0.2) is 0 Å². The number of nitrogens with zero attached hydrogens (tertiary/aromatic N) is 2. The van der Waals surface area contributed by atoms with Crippen LogP contribution in [0.15, 0.2) is 24.3 Å². The van der Waals surface area contributed by atoms with Gasteiger partial charge in [0.1, 0.15) is 11.6 Å². The van der Waals surface area contributed by atoms with Crippen LogP contribution >= 0.6 is 0 Å². The zero-order chi connectivity index (χ0) is 14.7. The third-order valence-electron chi connectivity index (χ3n) is 3.19. The van der Waals surface area contributed by atoms with E-state index in [9.17, 15) is 8.78 Å². The van der Waals surface area contributed by atoms with E-state index in [1.807, 2.05) is 24.6 Å². The predicted molar refractivity (Wildman–Crippen MR) is 72.8 cm³/mol. The summed E-state index contributed by atoms with van der Waals surface area (Å²) in [6.07, 6.45) is 0.508. The first-order chi connectivity index (χ1) is 9.53. The molecule has 0 aliphatic rings. The van der Waals surface area contributed by atoms with Crippen molar-refractivity contribution in [3.63, 3.8) is 0 Å². The molecule has 1 unspecified atom stereocenters. The Morgan fingerprint density at radius 2 is 1.90 bits per heavy atom. The maximum atomic E-state index is 13.3. The number of benzene rings is 1. The number of rotatable bonds is 5. The molecule has 0 radical (unpaired) electrons. The predicted octanol–water partition coefficient (Wildman–Crippen LogP) is 2.24. The van der Waals surface area contributed by atoms with Gasteiger partial charge in [0.05, 0.1) is 11.7 Å². The molecule has 0 amide bonds. The number of aromatic nitrogens is 2. The van der Waals surface area contributed by atoms with Crippen LogP contribution in [0.5, 0.6) is 0 Å². The van der Waals surface area contributed by atoms with Crippen LogP contribution in [0.4, 0.5) is 8.78 Å². The van der Waals surface area contributed by atoms with Crippen LogP contribution in [0.3, 0.4) is 0 Å². The number of nitrogens with one attached hydrogen (secondary N) is 1. The van der Waals surface area contributed by atoms with Gasteiger partial charge in [-0.3, -0.25) is 16.0 Å². The molecule has 1 aromatic heterocycles. The van der Waals surface area contributed by atoms with Gasteiger partial charge in [0.25, 0.3) is 0 Å². The molecule has 6 heteroatoms. The lowest BCUT2D eigenvalue weighted by Crippen LogP contribution is -2.30. The fraction of sp³-hybridized carbons (Fsp3) is 0.357. The topological polar surface area (TPSA) is 55.9 Å². The molecule has 0 saturated heterocycles. The van der Waals surface area contributed by atoms with Crippen LogP contribution in [-0.4, -0.2) is 9.78 Å². The highest BCUT2D eigenvalue weighted by Gasteiger charge is 2.16. The summed E-state index contributed by atoms with van der Waals surface area (Å²) in [5.74, 6) is 4.31. The van der Waals surface area contributed by atoms with E-state index in [2.05, 4.69) is 10.5 Å². The summed E-state index contributed by atoms with van der Waals surface area (Å²) < 4.78 is 28.4. The number of nitrogens with two attached hydrogens (primary N) is 1. The second-order valence-electron chi connectivity index (χ2n) is 4.72. The van der Waals surface area contributed by atoms with E-state index < -0.39 is 11.6 Å². The zero-order valence-corrected chi connectivity index (χ0v) is 11.5. The van der Waals surface area contributed by atoms with E-state index in [1.165, 1.54) is 12.1 Å². The molecule has 1 atom stereocenters. The van der Waals surface area contributed by atoms with Crippen molar-refractivity contribution in [2.45, 2.75) is 32.9 Å². The van der Waals surface area contributed by atoms with Crippen molar-refractivity contribution in [1.29, 1.82) is 0 Å². The molecular formula is C14H18F2N4. The summed E-state index contributed by atoms with van der Waals surface area (Å²) in [6.45, 7) is 4.63. The minimum atomic E-state index is -0.611. The third-order valence-corrected chi connectivity index (χ3v) is 3.19. The first-order valence-corrected chi connectivity index (χ1v) is 6.49. The van der Waals surface area contributed by atoms with Gasteiger partial charge in [-0.15, -0.1) is 0 Å². The minimum absolute atomic E-state index is 0.374. The van der Waals surface area contributed by atoms with E-state index >= 15 is 0 Å². The number of aryl methyl sites for hydroxylation is 2. The van der Waals surface area contributed by atoms with Crippen LogP contribution < -0.4 is 11.3 Å². The van der Waals surface area contributed by atoms with Gasteiger partial charge < -0.3 is 0 Å². The summed E-state index contributed by atoms with van der Waals surface area (Å²) in [4.78, 5) is 0. The average molecular weight is 280 g/mol. The largest absolute Gasteiger partial charge is 0.271 e. The van der Waals surface area contributed by atoms with Crippen LogP contribution in [0.1, 0.15) is 29.9 Å². The van der Waals surface area contributed by atoms with Crippen molar-refractivity contribution in [3.05, 3.63) is 52.9 Å². The van der Waals surface area contributed by atoms with Crippen LogP contribution in [0.25, 0.3) is 0 Å². The molecule has 3 N–H and O–H groups in total. The molecule has 20 heavy (non-hydrogen) atoms. The van der Waals surface area contributed by atoms with Gasteiger partial charge in [-0.2, -0.15) is 5.10 Å². The molecule has 2 aromatic rings. The number of hydrogen-bond acceptors (Lipinski definition) is 3. The van der Waals surface area contributed by atoms with Crippen molar-refractivity contribution >= 4 is 0 Å². The summed E-state index contributed by atoms with van der Waals surface area (Å²) in [5.41, 5.74) is 4.96. The Morgan fingerprint density at radius 1 is 1.25 bits per heavy atom. The number of halogens is 2. The molecule has 1 heterocycles. The fourth-order valence-electron chi connectivity index (χ4n) is 2.30. The summed E-state index contributed by atoms with van der Waals surface area (Å²) >= 11 is 0. The molecule has 0 saturated carbocycles. The van der Waals surface area contributed by atoms with Crippen LogP contribution in [0, 0.1) is 18.6 Å². The van der Waals surface area contributed by atoms with Gasteiger partial charge in [-0.05, 0) is 37.6 Å². The molecule has 108 valence electrons. The average Bonchev–Trinajstić information content (AvgIpc) is 2.74. The lowest BCUT2D eigenvalue weighted by atomic mass is 10.0. The normalized spacial score (nSPS) is 12.7. The second kappa shape index (κ2) is 6.11. The second-order valence-corrected chi connectivity index (χ2v) is 4.72. The summed E-state index contributed by atoms with van der Waals surface area (Å²) in [6, 6.07) is 4.99. The SMILES string of the molecule is CCn1nc(C)cc1CC(NN)c1cc(F)cc(F)c1. The molecular weight excluding hydrogens is 262 g/mol.